The monoisotopic (exact) mass is 356 g/mol. The first kappa shape index (κ1) is 17.6. The molecule has 1 amide bonds. The van der Waals surface area contributed by atoms with E-state index in [4.69, 9.17) is 11.0 Å². The number of hydrogen-bond acceptors (Lipinski definition) is 5. The highest BCUT2D eigenvalue weighted by Gasteiger charge is 2.33. The highest BCUT2D eigenvalue weighted by molar-refractivity contribution is 7.11. The van der Waals surface area contributed by atoms with Gasteiger partial charge < -0.3 is 11.1 Å². The van der Waals surface area contributed by atoms with Crippen LogP contribution in [0.4, 0.5) is 23.9 Å². The van der Waals surface area contributed by atoms with Gasteiger partial charge in [-0.15, -0.1) is 0 Å². The molecule has 0 aliphatic rings. The van der Waals surface area contributed by atoms with E-state index in [0.29, 0.717) is 0 Å². The maximum Gasteiger partial charge on any atom is 0.418 e. The molecule has 1 aromatic heterocycles. The van der Waals surface area contributed by atoms with Crippen molar-refractivity contribution < 1.29 is 18.0 Å². The summed E-state index contributed by atoms with van der Waals surface area (Å²) in [6.45, 7) is -0.0455. The van der Waals surface area contributed by atoms with Gasteiger partial charge in [0.15, 0.2) is 5.56 Å². The Morgan fingerprint density at radius 3 is 2.62 bits per heavy atom. The van der Waals surface area contributed by atoms with Crippen molar-refractivity contribution in [3.8, 4) is 6.07 Å². The Bertz CT molecular complexity index is 864. The minimum atomic E-state index is -4.59. The summed E-state index contributed by atoms with van der Waals surface area (Å²) in [5.74, 6) is -0.634. The number of amides is 1. The van der Waals surface area contributed by atoms with Crippen molar-refractivity contribution in [2.75, 3.05) is 5.32 Å². The van der Waals surface area contributed by atoms with Crippen LogP contribution in [-0.2, 0) is 17.5 Å². The summed E-state index contributed by atoms with van der Waals surface area (Å²) in [5, 5.41) is 11.5. The molecule has 0 bridgehead atoms. The van der Waals surface area contributed by atoms with Gasteiger partial charge in [0.1, 0.15) is 11.1 Å². The number of nitrogens with two attached hydrogens (primary N) is 1. The van der Waals surface area contributed by atoms with Crippen LogP contribution in [0.1, 0.15) is 17.5 Å². The number of aromatic nitrogens is 1. The van der Waals surface area contributed by atoms with Gasteiger partial charge in [-0.25, -0.2) is 0 Å². The van der Waals surface area contributed by atoms with E-state index in [2.05, 4.69) is 5.32 Å². The summed E-state index contributed by atoms with van der Waals surface area (Å²) in [5.41, 5.74) is 2.81. The average Bonchev–Trinajstić information content (AvgIpc) is 2.79. The largest absolute Gasteiger partial charge is 0.418 e. The van der Waals surface area contributed by atoms with Gasteiger partial charge in [-0.2, -0.15) is 18.4 Å². The van der Waals surface area contributed by atoms with Crippen LogP contribution in [0.25, 0.3) is 0 Å². The fourth-order valence-corrected chi connectivity index (χ4v) is 2.88. The second-order valence-corrected chi connectivity index (χ2v) is 5.73. The van der Waals surface area contributed by atoms with E-state index in [-0.39, 0.29) is 29.2 Å². The number of nitrogens with one attached hydrogen (secondary N) is 1. The highest BCUT2D eigenvalue weighted by atomic mass is 32.1. The first-order valence-electron chi connectivity index (χ1n) is 6.59. The quantitative estimate of drug-likeness (QED) is 0.859. The third kappa shape index (κ3) is 3.75. The van der Waals surface area contributed by atoms with Gasteiger partial charge in [0.05, 0.1) is 11.3 Å². The van der Waals surface area contributed by atoms with E-state index in [0.717, 1.165) is 21.6 Å². The molecule has 0 radical (unpaired) electrons. The average molecular weight is 356 g/mol. The number of benzene rings is 1. The number of anilines is 2. The maximum absolute atomic E-state index is 13.0. The molecular formula is C14H11F3N4O2S. The zero-order chi connectivity index (χ0) is 17.9. The van der Waals surface area contributed by atoms with E-state index in [9.17, 15) is 22.8 Å². The minimum Gasteiger partial charge on any atom is -0.370 e. The van der Waals surface area contributed by atoms with Crippen molar-refractivity contribution in [2.24, 2.45) is 5.73 Å². The van der Waals surface area contributed by atoms with Gasteiger partial charge in [0, 0.05) is 13.0 Å². The Hall–Kier alpha value is -2.80. The Kier molecular flexibility index (Phi) is 4.94. The summed E-state index contributed by atoms with van der Waals surface area (Å²) in [4.78, 5) is 22.8. The summed E-state index contributed by atoms with van der Waals surface area (Å²) < 4.78 is 40.1. The van der Waals surface area contributed by atoms with Crippen LogP contribution in [0.2, 0.25) is 0 Å². The van der Waals surface area contributed by atoms with E-state index in [1.165, 1.54) is 18.2 Å². The van der Waals surface area contributed by atoms with Crippen molar-refractivity contribution in [1.29, 1.82) is 5.26 Å². The van der Waals surface area contributed by atoms with Crippen molar-refractivity contribution in [2.45, 2.75) is 19.1 Å². The standard InChI is InChI=1S/C14H11F3N4O2S/c15-14(16,17)9-3-1-2-4-10(9)20-12-8(7-18)13(23)21(24-12)6-5-11(19)22/h1-4,20H,5-6H2,(H2,19,22). The fourth-order valence-electron chi connectivity index (χ4n) is 1.92. The van der Waals surface area contributed by atoms with Crippen molar-refractivity contribution in [3.63, 3.8) is 0 Å². The Balaban J connectivity index is 2.41. The molecule has 126 valence electrons. The van der Waals surface area contributed by atoms with Gasteiger partial charge in [-0.05, 0) is 23.7 Å². The smallest absolute Gasteiger partial charge is 0.370 e. The minimum absolute atomic E-state index is 0.0244. The second-order valence-electron chi connectivity index (χ2n) is 4.70. The number of alkyl halides is 3. The van der Waals surface area contributed by atoms with Gasteiger partial charge in [0.2, 0.25) is 5.91 Å². The number of para-hydroxylation sites is 1. The first-order chi connectivity index (χ1) is 11.2. The molecule has 0 unspecified atom stereocenters. The van der Waals surface area contributed by atoms with E-state index in [1.807, 2.05) is 0 Å². The summed E-state index contributed by atoms with van der Waals surface area (Å²) in [7, 11) is 0. The Labute approximate surface area is 138 Å². The molecular weight excluding hydrogens is 345 g/mol. The molecule has 2 rings (SSSR count). The van der Waals surface area contributed by atoms with E-state index >= 15 is 0 Å². The molecule has 1 heterocycles. The number of hydrogen-bond donors (Lipinski definition) is 2. The predicted molar refractivity (Wildman–Crippen MR) is 81.8 cm³/mol. The third-order valence-electron chi connectivity index (χ3n) is 3.02. The number of carbonyl (C=O) groups excluding carboxylic acids is 1. The number of rotatable bonds is 5. The Morgan fingerprint density at radius 2 is 2.04 bits per heavy atom. The number of nitrogens with zero attached hydrogens (tertiary/aromatic N) is 2. The molecule has 3 N–H and O–H groups in total. The summed E-state index contributed by atoms with van der Waals surface area (Å²) in [6.07, 6.45) is -4.71. The normalized spacial score (nSPS) is 11.1. The number of carbonyl (C=O) groups is 1. The van der Waals surface area contributed by atoms with Crippen molar-refractivity contribution >= 4 is 28.1 Å². The molecule has 0 spiro atoms. The van der Waals surface area contributed by atoms with Crippen molar-refractivity contribution in [1.82, 2.24) is 3.96 Å². The first-order valence-corrected chi connectivity index (χ1v) is 7.37. The van der Waals surface area contributed by atoms with Gasteiger partial charge in [0.25, 0.3) is 5.56 Å². The van der Waals surface area contributed by atoms with Crippen LogP contribution in [-0.4, -0.2) is 9.86 Å². The number of halogens is 3. The van der Waals surface area contributed by atoms with Crippen LogP contribution < -0.4 is 16.6 Å². The van der Waals surface area contributed by atoms with Crippen LogP contribution in [0.5, 0.6) is 0 Å². The highest BCUT2D eigenvalue weighted by Crippen LogP contribution is 2.36. The molecule has 0 saturated heterocycles. The lowest BCUT2D eigenvalue weighted by Gasteiger charge is -2.13. The molecule has 0 aliphatic heterocycles. The molecule has 0 aliphatic carbocycles. The SMILES string of the molecule is N#Cc1c(Nc2ccccc2C(F)(F)F)sn(CCC(N)=O)c1=O. The molecule has 0 saturated carbocycles. The second kappa shape index (κ2) is 6.76. The summed E-state index contributed by atoms with van der Waals surface area (Å²) in [6, 6.07) is 6.39. The van der Waals surface area contributed by atoms with Gasteiger partial charge in [-0.3, -0.25) is 13.5 Å². The lowest BCUT2D eigenvalue weighted by molar-refractivity contribution is -0.137. The van der Waals surface area contributed by atoms with E-state index in [1.54, 1.807) is 6.07 Å². The third-order valence-corrected chi connectivity index (χ3v) is 4.08. The lowest BCUT2D eigenvalue weighted by atomic mass is 10.1. The summed E-state index contributed by atoms with van der Waals surface area (Å²) >= 11 is 0.762. The molecule has 0 atom stereocenters. The van der Waals surface area contributed by atoms with Crippen LogP contribution in [0.3, 0.4) is 0 Å². The Morgan fingerprint density at radius 1 is 1.38 bits per heavy atom. The maximum atomic E-state index is 13.0. The van der Waals surface area contributed by atoms with Crippen molar-refractivity contribution in [3.05, 3.63) is 45.7 Å². The number of nitriles is 1. The zero-order valence-corrected chi connectivity index (χ0v) is 12.9. The molecule has 6 nitrogen and oxygen atoms in total. The van der Waals surface area contributed by atoms with Gasteiger partial charge in [-0.1, -0.05) is 12.1 Å². The topological polar surface area (TPSA) is 101 Å². The zero-order valence-electron chi connectivity index (χ0n) is 12.1. The van der Waals surface area contributed by atoms with E-state index < -0.39 is 23.2 Å². The van der Waals surface area contributed by atoms with Crippen LogP contribution in [0.15, 0.2) is 29.1 Å². The molecule has 10 heteroatoms. The van der Waals surface area contributed by atoms with Gasteiger partial charge >= 0.3 is 6.18 Å². The molecule has 24 heavy (non-hydrogen) atoms. The molecule has 1 aromatic carbocycles. The number of aryl methyl sites for hydroxylation is 1. The predicted octanol–water partition coefficient (Wildman–Crippen LogP) is 2.42. The number of primary amides is 1. The van der Waals surface area contributed by atoms with Crippen LogP contribution >= 0.6 is 11.5 Å². The molecule has 2 aromatic rings. The van der Waals surface area contributed by atoms with Crippen LogP contribution in [0, 0.1) is 11.3 Å². The lowest BCUT2D eigenvalue weighted by Crippen LogP contribution is -2.20. The molecule has 0 fully saturated rings. The fraction of sp³-hybridized carbons (Fsp3) is 0.214.